The van der Waals surface area contributed by atoms with E-state index in [0.29, 0.717) is 18.7 Å². The van der Waals surface area contributed by atoms with E-state index in [1.165, 1.54) is 0 Å². The van der Waals surface area contributed by atoms with Crippen LogP contribution < -0.4 is 5.73 Å². The third-order valence-corrected chi connectivity index (χ3v) is 2.84. The molecular formula is C12H16N2O2. The Kier molecular flexibility index (Phi) is 3.64. The van der Waals surface area contributed by atoms with Crippen molar-refractivity contribution in [3.8, 4) is 0 Å². The molecule has 1 unspecified atom stereocenters. The predicted octanol–water partition coefficient (Wildman–Crippen LogP) is 1.15. The Bertz CT molecular complexity index is 373. The summed E-state index contributed by atoms with van der Waals surface area (Å²) >= 11 is 0. The number of hydrogen-bond donors (Lipinski definition) is 1. The van der Waals surface area contributed by atoms with E-state index in [1.54, 1.807) is 18.3 Å². The van der Waals surface area contributed by atoms with Crippen molar-refractivity contribution in [1.82, 2.24) is 4.98 Å². The zero-order valence-electron chi connectivity index (χ0n) is 9.19. The van der Waals surface area contributed by atoms with E-state index in [9.17, 15) is 4.79 Å². The van der Waals surface area contributed by atoms with Crippen molar-refractivity contribution < 1.29 is 9.53 Å². The molecule has 4 nitrogen and oxygen atoms in total. The molecule has 1 saturated heterocycles. The summed E-state index contributed by atoms with van der Waals surface area (Å²) in [4.78, 5) is 16.2. The molecule has 1 atom stereocenters. The molecule has 86 valence electrons. The second-order valence-corrected chi connectivity index (χ2v) is 4.02. The summed E-state index contributed by atoms with van der Waals surface area (Å²) in [6, 6.07) is 3.52. The molecule has 0 aromatic carbocycles. The number of aromatic nitrogens is 1. The number of pyridine rings is 1. The van der Waals surface area contributed by atoms with E-state index in [1.807, 2.05) is 0 Å². The minimum absolute atomic E-state index is 0.00164. The van der Waals surface area contributed by atoms with E-state index in [-0.39, 0.29) is 11.7 Å². The highest BCUT2D eigenvalue weighted by Crippen LogP contribution is 2.19. The Morgan fingerprint density at radius 3 is 3.19 bits per heavy atom. The van der Waals surface area contributed by atoms with Crippen LogP contribution in [0.25, 0.3) is 0 Å². The van der Waals surface area contributed by atoms with Crippen LogP contribution in [-0.4, -0.2) is 24.0 Å². The summed E-state index contributed by atoms with van der Waals surface area (Å²) in [5.74, 6) is 0.151. The summed E-state index contributed by atoms with van der Waals surface area (Å²) in [5, 5.41) is 0. The SMILES string of the molecule is NCc1cc(C(=O)C2CCCOC2)ccn1. The quantitative estimate of drug-likeness (QED) is 0.776. The summed E-state index contributed by atoms with van der Waals surface area (Å²) in [7, 11) is 0. The van der Waals surface area contributed by atoms with Gasteiger partial charge in [0.15, 0.2) is 5.78 Å². The fraction of sp³-hybridized carbons (Fsp3) is 0.500. The number of rotatable bonds is 3. The van der Waals surface area contributed by atoms with Crippen molar-refractivity contribution >= 4 is 5.78 Å². The zero-order valence-corrected chi connectivity index (χ0v) is 9.19. The summed E-state index contributed by atoms with van der Waals surface area (Å²) in [6.07, 6.45) is 3.52. The highest BCUT2D eigenvalue weighted by atomic mass is 16.5. The van der Waals surface area contributed by atoms with Gasteiger partial charge in [0, 0.05) is 30.8 Å². The first-order valence-corrected chi connectivity index (χ1v) is 5.58. The Morgan fingerprint density at radius 2 is 2.50 bits per heavy atom. The van der Waals surface area contributed by atoms with Crippen molar-refractivity contribution in [3.63, 3.8) is 0 Å². The van der Waals surface area contributed by atoms with Gasteiger partial charge in [-0.2, -0.15) is 0 Å². The lowest BCUT2D eigenvalue weighted by molar-refractivity contribution is 0.0461. The van der Waals surface area contributed by atoms with Gasteiger partial charge in [0.2, 0.25) is 0 Å². The number of ketones is 1. The average molecular weight is 220 g/mol. The molecule has 2 heterocycles. The predicted molar refractivity (Wildman–Crippen MR) is 60.0 cm³/mol. The maximum atomic E-state index is 12.1. The lowest BCUT2D eigenvalue weighted by atomic mass is 9.93. The number of hydrogen-bond acceptors (Lipinski definition) is 4. The van der Waals surface area contributed by atoms with Gasteiger partial charge in [-0.1, -0.05) is 0 Å². The molecule has 1 aromatic heterocycles. The van der Waals surface area contributed by atoms with Crippen LogP contribution in [0, 0.1) is 5.92 Å². The molecule has 1 aliphatic rings. The monoisotopic (exact) mass is 220 g/mol. The highest BCUT2D eigenvalue weighted by Gasteiger charge is 2.23. The average Bonchev–Trinajstić information content (AvgIpc) is 2.39. The van der Waals surface area contributed by atoms with E-state index < -0.39 is 0 Å². The van der Waals surface area contributed by atoms with Gasteiger partial charge >= 0.3 is 0 Å². The maximum absolute atomic E-state index is 12.1. The molecule has 0 radical (unpaired) electrons. The first-order chi connectivity index (χ1) is 7.81. The minimum atomic E-state index is 0.00164. The molecule has 0 bridgehead atoms. The fourth-order valence-electron chi connectivity index (χ4n) is 1.93. The Morgan fingerprint density at radius 1 is 1.62 bits per heavy atom. The highest BCUT2D eigenvalue weighted by molar-refractivity contribution is 5.98. The molecule has 16 heavy (non-hydrogen) atoms. The number of Topliss-reactive ketones (excluding diaryl/α,β-unsaturated/α-hetero) is 1. The minimum Gasteiger partial charge on any atom is -0.381 e. The molecule has 0 aliphatic carbocycles. The van der Waals surface area contributed by atoms with Crippen LogP contribution in [0.5, 0.6) is 0 Å². The molecule has 1 aromatic rings. The van der Waals surface area contributed by atoms with Gasteiger partial charge < -0.3 is 10.5 Å². The Hall–Kier alpha value is -1.26. The van der Waals surface area contributed by atoms with Gasteiger partial charge in [0.1, 0.15) is 0 Å². The largest absolute Gasteiger partial charge is 0.381 e. The molecule has 4 heteroatoms. The molecule has 0 saturated carbocycles. The van der Waals surface area contributed by atoms with E-state index in [0.717, 1.165) is 25.1 Å². The third-order valence-electron chi connectivity index (χ3n) is 2.84. The molecule has 1 fully saturated rings. The molecule has 0 spiro atoms. The van der Waals surface area contributed by atoms with Crippen LogP contribution in [0.15, 0.2) is 18.3 Å². The van der Waals surface area contributed by atoms with Crippen molar-refractivity contribution in [2.75, 3.05) is 13.2 Å². The topological polar surface area (TPSA) is 65.2 Å². The van der Waals surface area contributed by atoms with Gasteiger partial charge in [0.05, 0.1) is 12.3 Å². The van der Waals surface area contributed by atoms with Crippen molar-refractivity contribution in [1.29, 1.82) is 0 Å². The summed E-state index contributed by atoms with van der Waals surface area (Å²) in [5.41, 5.74) is 6.95. The maximum Gasteiger partial charge on any atom is 0.168 e. The van der Waals surface area contributed by atoms with E-state index >= 15 is 0 Å². The van der Waals surface area contributed by atoms with Gasteiger partial charge in [-0.25, -0.2) is 0 Å². The lowest BCUT2D eigenvalue weighted by Crippen LogP contribution is -2.25. The normalized spacial score (nSPS) is 20.7. The van der Waals surface area contributed by atoms with Crippen LogP contribution in [0.4, 0.5) is 0 Å². The van der Waals surface area contributed by atoms with Crippen LogP contribution >= 0.6 is 0 Å². The van der Waals surface area contributed by atoms with Crippen molar-refractivity contribution in [3.05, 3.63) is 29.6 Å². The standard InChI is InChI=1S/C12H16N2O2/c13-7-11-6-9(3-4-14-11)12(15)10-2-1-5-16-8-10/h3-4,6,10H,1-2,5,7-8,13H2. The first kappa shape index (κ1) is 11.2. The van der Waals surface area contributed by atoms with Gasteiger partial charge in [-0.15, -0.1) is 0 Å². The van der Waals surface area contributed by atoms with Crippen LogP contribution in [0.1, 0.15) is 28.9 Å². The van der Waals surface area contributed by atoms with Crippen LogP contribution in [0.2, 0.25) is 0 Å². The second kappa shape index (κ2) is 5.18. The fourth-order valence-corrected chi connectivity index (χ4v) is 1.93. The Balaban J connectivity index is 2.12. The van der Waals surface area contributed by atoms with E-state index in [2.05, 4.69) is 4.98 Å². The van der Waals surface area contributed by atoms with E-state index in [4.69, 9.17) is 10.5 Å². The van der Waals surface area contributed by atoms with Crippen molar-refractivity contribution in [2.45, 2.75) is 19.4 Å². The smallest absolute Gasteiger partial charge is 0.168 e. The van der Waals surface area contributed by atoms with Gasteiger partial charge in [-0.3, -0.25) is 9.78 Å². The summed E-state index contributed by atoms with van der Waals surface area (Å²) < 4.78 is 5.32. The molecule has 0 amide bonds. The number of carbonyl (C=O) groups excluding carboxylic acids is 1. The molecule has 1 aliphatic heterocycles. The van der Waals surface area contributed by atoms with Gasteiger partial charge in [-0.05, 0) is 25.0 Å². The van der Waals surface area contributed by atoms with Crippen LogP contribution in [0.3, 0.4) is 0 Å². The number of ether oxygens (including phenoxy) is 1. The second-order valence-electron chi connectivity index (χ2n) is 4.02. The number of carbonyl (C=O) groups is 1. The summed E-state index contributed by atoms with van der Waals surface area (Å²) in [6.45, 7) is 1.68. The zero-order chi connectivity index (χ0) is 11.4. The molecule has 2 rings (SSSR count). The molecule has 2 N–H and O–H groups in total. The Labute approximate surface area is 94.8 Å². The number of nitrogens with two attached hydrogens (primary N) is 1. The van der Waals surface area contributed by atoms with Crippen molar-refractivity contribution in [2.24, 2.45) is 11.7 Å². The molecular weight excluding hydrogens is 204 g/mol. The number of nitrogens with zero attached hydrogens (tertiary/aromatic N) is 1. The van der Waals surface area contributed by atoms with Gasteiger partial charge in [0.25, 0.3) is 0 Å². The third kappa shape index (κ3) is 2.46. The first-order valence-electron chi connectivity index (χ1n) is 5.58. The lowest BCUT2D eigenvalue weighted by Gasteiger charge is -2.20. The van der Waals surface area contributed by atoms with Crippen LogP contribution in [-0.2, 0) is 11.3 Å².